The third-order valence-corrected chi connectivity index (χ3v) is 5.75. The molecule has 2 aliphatic rings. The summed E-state index contributed by atoms with van der Waals surface area (Å²) in [6.07, 6.45) is 8.80. The minimum absolute atomic E-state index is 0.335. The zero-order valence-corrected chi connectivity index (χ0v) is 13.7. The molecule has 21 heavy (non-hydrogen) atoms. The molecule has 0 saturated heterocycles. The molecule has 2 fully saturated rings. The molecule has 116 valence electrons. The molecule has 0 aromatic carbocycles. The van der Waals surface area contributed by atoms with Crippen molar-refractivity contribution in [3.63, 3.8) is 0 Å². The fourth-order valence-corrected chi connectivity index (χ4v) is 4.58. The Morgan fingerprint density at radius 3 is 2.67 bits per heavy atom. The molecule has 3 unspecified atom stereocenters. The standard InChI is InChI=1S/C17H28N4/c1-5-8-19-13-10-18-11-14(20-13)21-15-16(2,3)12-6-7-17(15,4)9-12/h10-12,15H,5-9H2,1-4H3,(H2,19,20,21). The predicted molar refractivity (Wildman–Crippen MR) is 87.5 cm³/mol. The van der Waals surface area contributed by atoms with Gasteiger partial charge in [0.05, 0.1) is 12.4 Å². The lowest BCUT2D eigenvalue weighted by Gasteiger charge is -2.43. The van der Waals surface area contributed by atoms with Crippen LogP contribution in [-0.4, -0.2) is 22.6 Å². The Morgan fingerprint density at radius 2 is 2.00 bits per heavy atom. The third-order valence-electron chi connectivity index (χ3n) is 5.75. The van der Waals surface area contributed by atoms with Gasteiger partial charge in [0.15, 0.2) is 0 Å². The summed E-state index contributed by atoms with van der Waals surface area (Å²) in [6.45, 7) is 10.3. The summed E-state index contributed by atoms with van der Waals surface area (Å²) in [4.78, 5) is 8.99. The lowest BCUT2D eigenvalue weighted by atomic mass is 9.68. The van der Waals surface area contributed by atoms with E-state index in [4.69, 9.17) is 0 Å². The van der Waals surface area contributed by atoms with Crippen LogP contribution in [0.25, 0.3) is 0 Å². The van der Waals surface area contributed by atoms with Gasteiger partial charge in [-0.3, -0.25) is 4.98 Å². The Bertz CT molecular complexity index is 509. The van der Waals surface area contributed by atoms with Crippen molar-refractivity contribution in [3.05, 3.63) is 12.4 Å². The molecule has 2 bridgehead atoms. The number of hydrogen-bond donors (Lipinski definition) is 2. The van der Waals surface area contributed by atoms with Gasteiger partial charge in [-0.1, -0.05) is 27.7 Å². The maximum atomic E-state index is 4.67. The van der Waals surface area contributed by atoms with E-state index in [1.807, 2.05) is 6.20 Å². The molecule has 0 amide bonds. The third kappa shape index (κ3) is 2.49. The number of fused-ring (bicyclic) bond motifs is 2. The summed E-state index contributed by atoms with van der Waals surface area (Å²) >= 11 is 0. The van der Waals surface area contributed by atoms with Crippen LogP contribution in [0.2, 0.25) is 0 Å². The summed E-state index contributed by atoms with van der Waals surface area (Å²) in [7, 11) is 0. The van der Waals surface area contributed by atoms with Gasteiger partial charge in [0, 0.05) is 12.6 Å². The molecule has 0 radical (unpaired) electrons. The van der Waals surface area contributed by atoms with E-state index < -0.39 is 0 Å². The Hall–Kier alpha value is -1.32. The maximum Gasteiger partial charge on any atom is 0.147 e. The second-order valence-electron chi connectivity index (χ2n) is 7.71. The number of hydrogen-bond acceptors (Lipinski definition) is 4. The number of aromatic nitrogens is 2. The van der Waals surface area contributed by atoms with Gasteiger partial charge in [0.1, 0.15) is 11.6 Å². The van der Waals surface area contributed by atoms with Crippen LogP contribution >= 0.6 is 0 Å². The van der Waals surface area contributed by atoms with Gasteiger partial charge in [-0.15, -0.1) is 0 Å². The van der Waals surface area contributed by atoms with Crippen LogP contribution in [0.4, 0.5) is 11.6 Å². The molecule has 3 atom stereocenters. The average molecular weight is 288 g/mol. The van der Waals surface area contributed by atoms with Crippen LogP contribution in [0, 0.1) is 16.7 Å². The van der Waals surface area contributed by atoms with Gasteiger partial charge in [-0.2, -0.15) is 0 Å². The number of nitrogens with zero attached hydrogens (tertiary/aromatic N) is 2. The monoisotopic (exact) mass is 288 g/mol. The molecule has 0 aliphatic heterocycles. The highest BCUT2D eigenvalue weighted by Crippen LogP contribution is 2.62. The summed E-state index contributed by atoms with van der Waals surface area (Å²) in [5.74, 6) is 2.62. The van der Waals surface area contributed by atoms with E-state index in [2.05, 4.69) is 48.3 Å². The molecule has 1 aromatic heterocycles. The van der Waals surface area contributed by atoms with Crippen LogP contribution in [-0.2, 0) is 0 Å². The minimum Gasteiger partial charge on any atom is -0.369 e. The van der Waals surface area contributed by atoms with E-state index in [9.17, 15) is 0 Å². The molecule has 4 nitrogen and oxygen atoms in total. The van der Waals surface area contributed by atoms with Crippen molar-refractivity contribution >= 4 is 11.6 Å². The number of anilines is 2. The van der Waals surface area contributed by atoms with Crippen molar-refractivity contribution in [2.24, 2.45) is 16.7 Å². The lowest BCUT2D eigenvalue weighted by Crippen LogP contribution is -2.46. The Labute approximate surface area is 128 Å². The van der Waals surface area contributed by atoms with Gasteiger partial charge in [0.2, 0.25) is 0 Å². The first-order chi connectivity index (χ1) is 9.95. The Balaban J connectivity index is 1.77. The summed E-state index contributed by atoms with van der Waals surface area (Å²) in [5, 5.41) is 7.02. The molecule has 2 aliphatic carbocycles. The highest BCUT2D eigenvalue weighted by atomic mass is 15.1. The molecule has 3 rings (SSSR count). The normalized spacial score (nSPS) is 33.1. The maximum absolute atomic E-state index is 4.67. The molecular formula is C17H28N4. The molecule has 0 spiro atoms. The lowest BCUT2D eigenvalue weighted by molar-refractivity contribution is 0.155. The first-order valence-corrected chi connectivity index (χ1v) is 8.28. The SMILES string of the molecule is CCCNc1cncc(NC2C3(C)CCC(C3)C2(C)C)n1. The van der Waals surface area contributed by atoms with Gasteiger partial charge >= 0.3 is 0 Å². The highest BCUT2D eigenvalue weighted by Gasteiger charge is 2.59. The first-order valence-electron chi connectivity index (χ1n) is 8.28. The topological polar surface area (TPSA) is 49.8 Å². The van der Waals surface area contributed by atoms with Gasteiger partial charge in [-0.05, 0) is 42.4 Å². The van der Waals surface area contributed by atoms with Crippen molar-refractivity contribution < 1.29 is 0 Å². The molecule has 1 heterocycles. The predicted octanol–water partition coefficient (Wildman–Crippen LogP) is 3.93. The van der Waals surface area contributed by atoms with E-state index in [0.29, 0.717) is 16.9 Å². The average Bonchev–Trinajstić information content (AvgIpc) is 2.93. The van der Waals surface area contributed by atoms with Crippen molar-refractivity contribution in [2.45, 2.75) is 59.4 Å². The van der Waals surface area contributed by atoms with Crippen LogP contribution < -0.4 is 10.6 Å². The quantitative estimate of drug-likeness (QED) is 0.862. The fraction of sp³-hybridized carbons (Fsp3) is 0.765. The summed E-state index contributed by atoms with van der Waals surface area (Å²) in [5.41, 5.74) is 0.740. The fourth-order valence-electron chi connectivity index (χ4n) is 4.58. The van der Waals surface area contributed by atoms with Crippen molar-refractivity contribution in [1.82, 2.24) is 9.97 Å². The largest absolute Gasteiger partial charge is 0.369 e. The number of nitrogens with one attached hydrogen (secondary N) is 2. The first kappa shape index (κ1) is 14.6. The minimum atomic E-state index is 0.335. The van der Waals surface area contributed by atoms with Crippen LogP contribution in [0.5, 0.6) is 0 Å². The Kier molecular flexibility index (Phi) is 3.58. The summed E-state index contributed by atoms with van der Waals surface area (Å²) in [6, 6.07) is 0.486. The van der Waals surface area contributed by atoms with E-state index in [0.717, 1.165) is 30.5 Å². The van der Waals surface area contributed by atoms with Gasteiger partial charge < -0.3 is 10.6 Å². The molecule has 4 heteroatoms. The molecule has 2 N–H and O–H groups in total. The zero-order chi connectivity index (χ0) is 15.1. The van der Waals surface area contributed by atoms with E-state index in [1.165, 1.54) is 19.3 Å². The smallest absolute Gasteiger partial charge is 0.147 e. The van der Waals surface area contributed by atoms with Crippen LogP contribution in [0.1, 0.15) is 53.4 Å². The van der Waals surface area contributed by atoms with Crippen molar-refractivity contribution in [1.29, 1.82) is 0 Å². The molecule has 2 saturated carbocycles. The Morgan fingerprint density at radius 1 is 1.24 bits per heavy atom. The van der Waals surface area contributed by atoms with Gasteiger partial charge in [0.25, 0.3) is 0 Å². The van der Waals surface area contributed by atoms with E-state index in [-0.39, 0.29) is 0 Å². The molecular weight excluding hydrogens is 260 g/mol. The van der Waals surface area contributed by atoms with Crippen molar-refractivity contribution in [2.75, 3.05) is 17.2 Å². The van der Waals surface area contributed by atoms with Crippen molar-refractivity contribution in [3.8, 4) is 0 Å². The van der Waals surface area contributed by atoms with Crippen LogP contribution in [0.15, 0.2) is 12.4 Å². The summed E-state index contributed by atoms with van der Waals surface area (Å²) < 4.78 is 0. The van der Waals surface area contributed by atoms with E-state index in [1.54, 1.807) is 6.20 Å². The van der Waals surface area contributed by atoms with Gasteiger partial charge in [-0.25, -0.2) is 4.98 Å². The number of rotatable bonds is 5. The zero-order valence-electron chi connectivity index (χ0n) is 13.7. The second kappa shape index (κ2) is 5.15. The molecule has 1 aromatic rings. The second-order valence-corrected chi connectivity index (χ2v) is 7.71. The highest BCUT2D eigenvalue weighted by molar-refractivity contribution is 5.43. The van der Waals surface area contributed by atoms with E-state index >= 15 is 0 Å². The van der Waals surface area contributed by atoms with Crippen LogP contribution in [0.3, 0.4) is 0 Å².